The van der Waals surface area contributed by atoms with Gasteiger partial charge >= 0.3 is 6.18 Å². The molecular weight excluding hydrogens is 293 g/mol. The van der Waals surface area contributed by atoms with Crippen molar-refractivity contribution in [1.29, 1.82) is 0 Å². The predicted octanol–water partition coefficient (Wildman–Crippen LogP) is 5.47. The molecule has 0 spiro atoms. The van der Waals surface area contributed by atoms with Gasteiger partial charge in [0.05, 0.1) is 0 Å². The van der Waals surface area contributed by atoms with Gasteiger partial charge in [0, 0.05) is 0 Å². The van der Waals surface area contributed by atoms with E-state index in [0.717, 1.165) is 17.7 Å². The Morgan fingerprint density at radius 3 is 2.00 bits per heavy atom. The summed E-state index contributed by atoms with van der Waals surface area (Å²) in [6.45, 7) is 6.41. The third-order valence-corrected chi connectivity index (χ3v) is 4.37. The van der Waals surface area contributed by atoms with Crippen LogP contribution in [-0.4, -0.2) is 14.5 Å². The van der Waals surface area contributed by atoms with Crippen molar-refractivity contribution >= 4 is 19.1 Å². The van der Waals surface area contributed by atoms with Gasteiger partial charge in [-0.3, -0.25) is 0 Å². The minimum atomic E-state index is -4.46. The summed E-state index contributed by atoms with van der Waals surface area (Å²) < 4.78 is 46.4. The van der Waals surface area contributed by atoms with Gasteiger partial charge in [-0.05, 0) is 49.0 Å². The first-order valence-corrected chi connectivity index (χ1v) is 10.2. The highest BCUT2D eigenvalue weighted by Gasteiger charge is 2.55. The lowest BCUT2D eigenvalue weighted by Crippen LogP contribution is -2.48. The Labute approximate surface area is 123 Å². The van der Waals surface area contributed by atoms with E-state index in [2.05, 4.69) is 0 Å². The van der Waals surface area contributed by atoms with Crippen LogP contribution in [0.2, 0.25) is 19.6 Å². The van der Waals surface area contributed by atoms with E-state index < -0.39 is 20.1 Å². The maximum Gasteiger partial charge on any atom is 0.420 e. The van der Waals surface area contributed by atoms with Crippen molar-refractivity contribution in [3.05, 3.63) is 48.0 Å². The van der Waals surface area contributed by atoms with Crippen LogP contribution in [0.4, 0.5) is 13.2 Å². The fourth-order valence-corrected chi connectivity index (χ4v) is 3.84. The van der Waals surface area contributed by atoms with Crippen molar-refractivity contribution in [1.82, 2.24) is 0 Å². The number of hydrogen-bond donors (Lipinski definition) is 0. The number of rotatable bonds is 3. The lowest BCUT2D eigenvalue weighted by atomic mass is 9.93. The van der Waals surface area contributed by atoms with E-state index in [9.17, 15) is 13.2 Å². The summed E-state index contributed by atoms with van der Waals surface area (Å²) >= 11 is 0. The van der Waals surface area contributed by atoms with Crippen molar-refractivity contribution in [3.8, 4) is 0 Å². The Morgan fingerprint density at radius 2 is 1.48 bits per heavy atom. The van der Waals surface area contributed by atoms with Gasteiger partial charge in [0.25, 0.3) is 0 Å². The molecule has 0 N–H and O–H groups in total. The van der Waals surface area contributed by atoms with Gasteiger partial charge in [-0.25, -0.2) is 0 Å². The van der Waals surface area contributed by atoms with Crippen LogP contribution in [0.3, 0.4) is 0 Å². The van der Waals surface area contributed by atoms with E-state index in [4.69, 9.17) is 4.43 Å². The largest absolute Gasteiger partial charge is 0.420 e. The summed E-state index contributed by atoms with van der Waals surface area (Å²) in [5.74, 6) is 0. The zero-order chi connectivity index (χ0) is 15.9. The van der Waals surface area contributed by atoms with Gasteiger partial charge in [-0.15, -0.1) is 0 Å². The van der Waals surface area contributed by atoms with Gasteiger partial charge in [-0.2, -0.15) is 13.2 Å². The molecule has 0 fully saturated rings. The second kappa shape index (κ2) is 5.14. The normalized spacial score (nSPS) is 16.0. The zero-order valence-corrected chi connectivity index (χ0v) is 13.6. The highest BCUT2D eigenvalue weighted by atomic mass is 28.4. The van der Waals surface area contributed by atoms with Crippen molar-refractivity contribution < 1.29 is 17.6 Å². The van der Waals surface area contributed by atoms with Crippen LogP contribution < -0.4 is 0 Å². The summed E-state index contributed by atoms with van der Waals surface area (Å²) in [5.41, 5.74) is -2.13. The zero-order valence-electron chi connectivity index (χ0n) is 12.6. The fourth-order valence-electron chi connectivity index (χ4n) is 2.38. The second-order valence-corrected chi connectivity index (χ2v) is 10.7. The summed E-state index contributed by atoms with van der Waals surface area (Å²) in [7, 11) is -2.37. The summed E-state index contributed by atoms with van der Waals surface area (Å²) in [6, 6.07) is 12.2. The third-order valence-electron chi connectivity index (χ3n) is 3.35. The highest BCUT2D eigenvalue weighted by Crippen LogP contribution is 2.44. The Balaban J connectivity index is 2.58. The van der Waals surface area contributed by atoms with Crippen LogP contribution in [0.1, 0.15) is 12.5 Å². The molecule has 0 aromatic heterocycles. The molecule has 0 saturated carbocycles. The molecule has 114 valence electrons. The third kappa shape index (κ3) is 3.30. The molecule has 0 aliphatic heterocycles. The number of halogens is 3. The average Bonchev–Trinajstić information content (AvgIpc) is 2.34. The van der Waals surface area contributed by atoms with E-state index in [0.29, 0.717) is 0 Å². The van der Waals surface area contributed by atoms with Crippen LogP contribution in [0.15, 0.2) is 42.5 Å². The Hall–Kier alpha value is -1.33. The van der Waals surface area contributed by atoms with Crippen LogP contribution >= 0.6 is 0 Å². The molecule has 0 amide bonds. The monoisotopic (exact) mass is 312 g/mol. The topological polar surface area (TPSA) is 9.23 Å². The van der Waals surface area contributed by atoms with E-state index in [-0.39, 0.29) is 5.56 Å². The Morgan fingerprint density at radius 1 is 0.905 bits per heavy atom. The van der Waals surface area contributed by atoms with Crippen molar-refractivity contribution in [2.75, 3.05) is 0 Å². The first kappa shape index (κ1) is 16.0. The molecule has 0 bridgehead atoms. The molecule has 0 saturated heterocycles. The maximum absolute atomic E-state index is 13.6. The van der Waals surface area contributed by atoms with Crippen molar-refractivity contribution in [2.45, 2.75) is 38.3 Å². The molecule has 2 aromatic rings. The minimum Gasteiger partial charge on any atom is -0.401 e. The van der Waals surface area contributed by atoms with E-state index >= 15 is 0 Å². The maximum atomic E-state index is 13.6. The highest BCUT2D eigenvalue weighted by molar-refractivity contribution is 6.69. The molecule has 0 aliphatic rings. The molecule has 2 aromatic carbocycles. The molecule has 0 unspecified atom stereocenters. The molecular formula is C16H19F3OSi. The van der Waals surface area contributed by atoms with Crippen LogP contribution in [0, 0.1) is 0 Å². The molecule has 1 atom stereocenters. The molecule has 21 heavy (non-hydrogen) atoms. The smallest absolute Gasteiger partial charge is 0.401 e. The first-order valence-electron chi connectivity index (χ1n) is 6.79. The molecule has 5 heteroatoms. The summed E-state index contributed by atoms with van der Waals surface area (Å²) in [5, 5.41) is 1.70. The Kier molecular flexibility index (Phi) is 3.93. The average molecular weight is 312 g/mol. The van der Waals surface area contributed by atoms with Crippen molar-refractivity contribution in [2.24, 2.45) is 0 Å². The first-order chi connectivity index (χ1) is 9.53. The Bertz CT molecular complexity index is 646. The fraction of sp³-hybridized carbons (Fsp3) is 0.375. The van der Waals surface area contributed by atoms with Crippen LogP contribution in [0.25, 0.3) is 10.8 Å². The van der Waals surface area contributed by atoms with E-state index in [1.807, 2.05) is 24.3 Å². The number of hydrogen-bond acceptors (Lipinski definition) is 1. The number of fused-ring (bicyclic) bond motifs is 1. The van der Waals surface area contributed by atoms with Crippen molar-refractivity contribution in [3.63, 3.8) is 0 Å². The standard InChI is InChI=1S/C16H19F3OSi/c1-15(16(17,18)19,20-21(2,3)4)14-10-9-12-7-5-6-8-13(12)11-14/h5-11H,1-4H3/t15-/m1/s1. The summed E-state index contributed by atoms with van der Waals surface area (Å²) in [4.78, 5) is 0. The second-order valence-electron chi connectivity index (χ2n) is 6.31. The van der Waals surface area contributed by atoms with Gasteiger partial charge in [0.2, 0.25) is 0 Å². The van der Waals surface area contributed by atoms with Crippen LogP contribution in [-0.2, 0) is 10.0 Å². The molecule has 0 radical (unpaired) electrons. The van der Waals surface area contributed by atoms with E-state index in [1.54, 1.807) is 31.8 Å². The summed E-state index contributed by atoms with van der Waals surface area (Å²) in [6.07, 6.45) is -4.46. The molecule has 0 aliphatic carbocycles. The van der Waals surface area contributed by atoms with Gasteiger partial charge in [0.15, 0.2) is 13.9 Å². The van der Waals surface area contributed by atoms with Gasteiger partial charge in [-0.1, -0.05) is 36.4 Å². The SMILES string of the molecule is C[C@@](O[Si](C)(C)C)(c1ccc2ccccc2c1)C(F)(F)F. The van der Waals surface area contributed by atoms with Gasteiger partial charge in [0.1, 0.15) is 0 Å². The lowest BCUT2D eigenvalue weighted by Gasteiger charge is -2.38. The molecule has 2 rings (SSSR count). The number of benzene rings is 2. The van der Waals surface area contributed by atoms with Gasteiger partial charge < -0.3 is 4.43 Å². The van der Waals surface area contributed by atoms with Crippen LogP contribution in [0.5, 0.6) is 0 Å². The number of alkyl halides is 3. The predicted molar refractivity (Wildman–Crippen MR) is 81.8 cm³/mol. The lowest BCUT2D eigenvalue weighted by molar-refractivity contribution is -0.250. The molecule has 1 nitrogen and oxygen atoms in total. The van der Waals surface area contributed by atoms with E-state index in [1.165, 1.54) is 6.07 Å². The molecule has 0 heterocycles. The minimum absolute atomic E-state index is 0.149. The quantitative estimate of drug-likeness (QED) is 0.683.